The van der Waals surface area contributed by atoms with Gasteiger partial charge in [-0.05, 0) is 19.4 Å². The predicted octanol–water partition coefficient (Wildman–Crippen LogP) is -0.168. The molecule has 11 nitrogen and oxygen atoms in total. The van der Waals surface area contributed by atoms with Gasteiger partial charge in [-0.1, -0.05) is 6.07 Å². The van der Waals surface area contributed by atoms with Gasteiger partial charge in [-0.3, -0.25) is 24.5 Å². The third kappa shape index (κ3) is 6.65. The van der Waals surface area contributed by atoms with Crippen LogP contribution in [0.4, 0.5) is 11.4 Å². The number of aliphatic hydroxyl groups excluding tert-OH is 1. The average molecular weight is 365 g/mol. The summed E-state index contributed by atoms with van der Waals surface area (Å²) in [4.78, 5) is 44.9. The number of amides is 3. The second kappa shape index (κ2) is 9.84. The van der Waals surface area contributed by atoms with Crippen LogP contribution in [0.1, 0.15) is 18.9 Å². The van der Waals surface area contributed by atoms with Crippen LogP contribution in [0.25, 0.3) is 0 Å². The van der Waals surface area contributed by atoms with Crippen LogP contribution in [-0.2, 0) is 14.4 Å². The van der Waals surface area contributed by atoms with Crippen molar-refractivity contribution in [3.8, 4) is 0 Å². The zero-order valence-corrected chi connectivity index (χ0v) is 14.2. The number of hydrazone groups is 1. The number of benzene rings is 1. The van der Waals surface area contributed by atoms with E-state index in [0.29, 0.717) is 11.3 Å². The van der Waals surface area contributed by atoms with Crippen LogP contribution in [0.2, 0.25) is 0 Å². The number of aliphatic hydroxyl groups is 1. The highest BCUT2D eigenvalue weighted by molar-refractivity contribution is 6.35. The van der Waals surface area contributed by atoms with Crippen molar-refractivity contribution in [1.82, 2.24) is 10.7 Å². The van der Waals surface area contributed by atoms with E-state index in [-0.39, 0.29) is 31.0 Å². The summed E-state index contributed by atoms with van der Waals surface area (Å²) >= 11 is 0. The highest BCUT2D eigenvalue weighted by atomic mass is 16.6. The first-order chi connectivity index (χ1) is 12.2. The minimum Gasteiger partial charge on any atom is -0.395 e. The number of carbonyl (C=O) groups excluding carboxylic acids is 3. The second-order valence-electron chi connectivity index (χ2n) is 5.25. The molecule has 4 N–H and O–H groups in total. The Morgan fingerprint density at radius 3 is 2.58 bits per heavy atom. The van der Waals surface area contributed by atoms with Gasteiger partial charge >= 0.3 is 11.8 Å². The van der Waals surface area contributed by atoms with Crippen molar-refractivity contribution in [2.45, 2.75) is 20.3 Å². The van der Waals surface area contributed by atoms with Gasteiger partial charge in [0.05, 0.1) is 23.6 Å². The van der Waals surface area contributed by atoms with Crippen LogP contribution >= 0.6 is 0 Å². The Hall–Kier alpha value is -3.34. The quantitative estimate of drug-likeness (QED) is 0.227. The molecule has 0 atom stereocenters. The normalized spacial score (nSPS) is 10.8. The molecule has 0 aliphatic rings. The zero-order valence-electron chi connectivity index (χ0n) is 14.2. The molecular formula is C15H19N5O6. The number of hydrogen-bond donors (Lipinski definition) is 4. The molecule has 0 aliphatic carbocycles. The van der Waals surface area contributed by atoms with Crippen LogP contribution < -0.4 is 16.1 Å². The smallest absolute Gasteiger partial charge is 0.329 e. The Bertz CT molecular complexity index is 746. The fourth-order valence-corrected chi connectivity index (χ4v) is 1.77. The molecule has 0 bridgehead atoms. The van der Waals surface area contributed by atoms with E-state index in [1.165, 1.54) is 25.1 Å². The van der Waals surface area contributed by atoms with Gasteiger partial charge in [-0.2, -0.15) is 5.10 Å². The molecule has 140 valence electrons. The molecule has 0 fully saturated rings. The first-order valence-corrected chi connectivity index (χ1v) is 7.51. The van der Waals surface area contributed by atoms with E-state index in [2.05, 4.69) is 15.7 Å². The number of aryl methyl sites for hydroxylation is 1. The van der Waals surface area contributed by atoms with Gasteiger partial charge in [0.2, 0.25) is 5.91 Å². The first-order valence-electron chi connectivity index (χ1n) is 7.51. The van der Waals surface area contributed by atoms with Gasteiger partial charge in [0.1, 0.15) is 0 Å². The molecule has 0 unspecified atom stereocenters. The first kappa shape index (κ1) is 20.7. The highest BCUT2D eigenvalue weighted by Crippen LogP contribution is 2.21. The Labute approximate surface area is 148 Å². The summed E-state index contributed by atoms with van der Waals surface area (Å²) in [5, 5.41) is 27.6. The Balaban J connectivity index is 2.62. The van der Waals surface area contributed by atoms with Gasteiger partial charge in [0, 0.05) is 24.4 Å². The number of carbonyl (C=O) groups is 3. The number of rotatable bonds is 7. The second-order valence-corrected chi connectivity index (χ2v) is 5.25. The van der Waals surface area contributed by atoms with Crippen LogP contribution in [0, 0.1) is 17.0 Å². The fourth-order valence-electron chi connectivity index (χ4n) is 1.77. The van der Waals surface area contributed by atoms with Gasteiger partial charge in [-0.15, -0.1) is 0 Å². The molecule has 0 heterocycles. The number of nitro groups is 1. The fraction of sp³-hybridized carbons (Fsp3) is 0.333. The number of nitro benzene ring substituents is 1. The molecule has 1 aromatic rings. The molecule has 3 amide bonds. The molecule has 1 rings (SSSR count). The lowest BCUT2D eigenvalue weighted by atomic mass is 10.1. The van der Waals surface area contributed by atoms with Crippen LogP contribution in [0.15, 0.2) is 23.3 Å². The third-order valence-electron chi connectivity index (χ3n) is 3.07. The minimum atomic E-state index is -1.03. The molecule has 0 aromatic heterocycles. The molecule has 0 saturated carbocycles. The van der Waals surface area contributed by atoms with Crippen LogP contribution in [0.3, 0.4) is 0 Å². The van der Waals surface area contributed by atoms with Crippen molar-refractivity contribution in [2.75, 3.05) is 18.5 Å². The monoisotopic (exact) mass is 365 g/mol. The minimum absolute atomic E-state index is 0.0695. The molecule has 0 aliphatic heterocycles. The van der Waals surface area contributed by atoms with Crippen molar-refractivity contribution in [1.29, 1.82) is 0 Å². The number of hydrogen-bond acceptors (Lipinski definition) is 7. The average Bonchev–Trinajstić information content (AvgIpc) is 2.59. The van der Waals surface area contributed by atoms with E-state index in [9.17, 15) is 24.5 Å². The van der Waals surface area contributed by atoms with Crippen LogP contribution in [-0.4, -0.2) is 46.6 Å². The zero-order chi connectivity index (χ0) is 19.7. The maximum atomic E-state index is 12.0. The summed E-state index contributed by atoms with van der Waals surface area (Å²) in [5.41, 5.74) is 2.98. The van der Waals surface area contributed by atoms with E-state index >= 15 is 0 Å². The molecule has 0 radical (unpaired) electrons. The lowest BCUT2D eigenvalue weighted by molar-refractivity contribution is -0.384. The maximum Gasteiger partial charge on any atom is 0.329 e. The number of nitrogens with one attached hydrogen (secondary N) is 3. The van der Waals surface area contributed by atoms with Gasteiger partial charge in [0.15, 0.2) is 0 Å². The summed E-state index contributed by atoms with van der Waals surface area (Å²) in [6.07, 6.45) is -0.194. The molecule has 1 aromatic carbocycles. The van der Waals surface area contributed by atoms with E-state index in [0.717, 1.165) is 0 Å². The van der Waals surface area contributed by atoms with Crippen molar-refractivity contribution >= 4 is 34.8 Å². The predicted molar refractivity (Wildman–Crippen MR) is 92.4 cm³/mol. The van der Waals surface area contributed by atoms with E-state index in [1.54, 1.807) is 6.92 Å². The summed E-state index contributed by atoms with van der Waals surface area (Å²) in [6.45, 7) is 2.77. The summed E-state index contributed by atoms with van der Waals surface area (Å²) < 4.78 is 0. The number of non-ortho nitro benzene ring substituents is 1. The van der Waals surface area contributed by atoms with Gasteiger partial charge in [0.25, 0.3) is 5.69 Å². The Morgan fingerprint density at radius 1 is 1.27 bits per heavy atom. The summed E-state index contributed by atoms with van der Waals surface area (Å²) in [7, 11) is 0. The molecule has 0 saturated heterocycles. The summed E-state index contributed by atoms with van der Waals surface area (Å²) in [6, 6.07) is 4.09. The lowest BCUT2D eigenvalue weighted by Crippen LogP contribution is -2.39. The van der Waals surface area contributed by atoms with Crippen molar-refractivity contribution in [3.63, 3.8) is 0 Å². The standard InChI is InChI=1S/C15H19N5O6/c1-9-3-4-11(20(25)26)8-12(9)17-13(22)7-10(2)18-19-15(24)14(23)16-5-6-21/h3-4,8,21H,5-7H2,1-2H3,(H,16,23)(H,17,22)(H,19,24)/b18-10-. The van der Waals surface area contributed by atoms with Crippen molar-refractivity contribution < 1.29 is 24.4 Å². The van der Waals surface area contributed by atoms with E-state index < -0.39 is 22.6 Å². The van der Waals surface area contributed by atoms with Crippen molar-refractivity contribution in [3.05, 3.63) is 33.9 Å². The van der Waals surface area contributed by atoms with Gasteiger partial charge in [-0.25, -0.2) is 5.43 Å². The number of anilines is 1. The number of nitrogens with zero attached hydrogens (tertiary/aromatic N) is 2. The highest BCUT2D eigenvalue weighted by Gasteiger charge is 2.14. The molecular weight excluding hydrogens is 346 g/mol. The molecule has 26 heavy (non-hydrogen) atoms. The van der Waals surface area contributed by atoms with Crippen molar-refractivity contribution in [2.24, 2.45) is 5.10 Å². The largest absolute Gasteiger partial charge is 0.395 e. The Kier molecular flexibility index (Phi) is 7.83. The van der Waals surface area contributed by atoms with Crippen LogP contribution in [0.5, 0.6) is 0 Å². The summed E-state index contributed by atoms with van der Waals surface area (Å²) in [5.74, 6) is -2.49. The maximum absolute atomic E-state index is 12.0. The molecule has 11 heteroatoms. The van der Waals surface area contributed by atoms with E-state index in [4.69, 9.17) is 5.11 Å². The van der Waals surface area contributed by atoms with Gasteiger partial charge < -0.3 is 15.7 Å². The molecule has 0 spiro atoms. The van der Waals surface area contributed by atoms with E-state index in [1.807, 2.05) is 5.43 Å². The SMILES string of the molecule is C/C(CC(=O)Nc1cc([N+](=O)[O-])ccc1C)=N/NC(=O)C(=O)NCCO. The Morgan fingerprint density at radius 2 is 1.96 bits per heavy atom. The topological polar surface area (TPSA) is 163 Å². The third-order valence-corrected chi connectivity index (χ3v) is 3.07. The lowest BCUT2D eigenvalue weighted by Gasteiger charge is -2.08.